The fourth-order valence-corrected chi connectivity index (χ4v) is 2.53. The van der Waals surface area contributed by atoms with E-state index in [1.54, 1.807) is 0 Å². The molecule has 0 bridgehead atoms. The van der Waals surface area contributed by atoms with Crippen LogP contribution in [0.1, 0.15) is 31.8 Å². The molecule has 8 heteroatoms. The Morgan fingerprint density at radius 2 is 1.50 bits per heavy atom. The first kappa shape index (κ1) is 15.7. The van der Waals surface area contributed by atoms with Crippen LogP contribution in [-0.4, -0.2) is 11.8 Å². The monoisotopic (exact) mass is 334 g/mol. The summed E-state index contributed by atoms with van der Waals surface area (Å²) in [5.74, 6) is -3.33. The highest BCUT2D eigenvalue weighted by molar-refractivity contribution is 6.35. The second-order valence-corrected chi connectivity index (χ2v) is 4.92. The van der Waals surface area contributed by atoms with E-state index in [9.17, 15) is 27.2 Å². The number of nitrogens with zero attached hydrogens (tertiary/aromatic N) is 2. The van der Waals surface area contributed by atoms with Crippen molar-refractivity contribution in [1.82, 2.24) is 0 Å². The highest BCUT2D eigenvalue weighted by Gasteiger charge is 2.44. The average molecular weight is 334 g/mol. The van der Waals surface area contributed by atoms with Crippen LogP contribution in [0.4, 0.5) is 23.2 Å². The number of anilines is 1. The number of halogens is 4. The van der Waals surface area contributed by atoms with E-state index in [4.69, 9.17) is 5.26 Å². The number of benzene rings is 2. The van der Waals surface area contributed by atoms with Gasteiger partial charge in [0.1, 0.15) is 17.4 Å². The van der Waals surface area contributed by atoms with Crippen molar-refractivity contribution in [3.63, 3.8) is 0 Å². The zero-order valence-corrected chi connectivity index (χ0v) is 11.7. The Morgan fingerprint density at radius 1 is 0.958 bits per heavy atom. The van der Waals surface area contributed by atoms with Gasteiger partial charge < -0.3 is 0 Å². The van der Waals surface area contributed by atoms with Gasteiger partial charge in [0, 0.05) is 0 Å². The Balaban J connectivity index is 2.32. The Morgan fingerprint density at radius 3 is 1.96 bits per heavy atom. The number of hydrogen-bond acceptors (Lipinski definition) is 3. The molecule has 0 aliphatic carbocycles. The van der Waals surface area contributed by atoms with Gasteiger partial charge in [-0.1, -0.05) is 12.1 Å². The van der Waals surface area contributed by atoms with Crippen molar-refractivity contribution in [2.45, 2.75) is 6.18 Å². The molecule has 0 fully saturated rings. The van der Waals surface area contributed by atoms with Gasteiger partial charge in [-0.05, 0) is 24.3 Å². The van der Waals surface area contributed by atoms with Crippen molar-refractivity contribution < 1.29 is 27.2 Å². The molecule has 24 heavy (non-hydrogen) atoms. The fourth-order valence-electron chi connectivity index (χ4n) is 2.53. The van der Waals surface area contributed by atoms with Crippen LogP contribution in [0.15, 0.2) is 36.4 Å². The number of rotatable bonds is 1. The van der Waals surface area contributed by atoms with E-state index < -0.39 is 40.6 Å². The van der Waals surface area contributed by atoms with Crippen LogP contribution in [0, 0.1) is 17.1 Å². The van der Waals surface area contributed by atoms with E-state index >= 15 is 0 Å². The normalized spacial score (nSPS) is 13.9. The Bertz CT molecular complexity index is 894. The lowest BCUT2D eigenvalue weighted by molar-refractivity contribution is -0.137. The summed E-state index contributed by atoms with van der Waals surface area (Å²) in [4.78, 5) is 24.9. The van der Waals surface area contributed by atoms with E-state index in [0.29, 0.717) is 12.1 Å². The smallest absolute Gasteiger partial charge is 0.268 e. The average Bonchev–Trinajstić information content (AvgIpc) is 2.78. The molecular weight excluding hydrogens is 328 g/mol. The van der Waals surface area contributed by atoms with Gasteiger partial charge >= 0.3 is 6.18 Å². The lowest BCUT2D eigenvalue weighted by Crippen LogP contribution is -2.32. The molecule has 2 aromatic rings. The minimum absolute atomic E-state index is 0.108. The predicted molar refractivity (Wildman–Crippen MR) is 73.7 cm³/mol. The summed E-state index contributed by atoms with van der Waals surface area (Å²) in [6, 6.07) is 7.60. The van der Waals surface area contributed by atoms with E-state index in [2.05, 4.69) is 0 Å². The summed E-state index contributed by atoms with van der Waals surface area (Å²) in [5.41, 5.74) is -3.75. The molecule has 4 nitrogen and oxygen atoms in total. The Hall–Kier alpha value is -3.21. The van der Waals surface area contributed by atoms with Crippen LogP contribution in [-0.2, 0) is 6.18 Å². The van der Waals surface area contributed by atoms with Crippen LogP contribution in [0.25, 0.3) is 0 Å². The summed E-state index contributed by atoms with van der Waals surface area (Å²) in [6.45, 7) is 0. The van der Waals surface area contributed by atoms with Crippen molar-refractivity contribution in [2.75, 3.05) is 4.90 Å². The van der Waals surface area contributed by atoms with Gasteiger partial charge in [0.05, 0.1) is 22.4 Å². The quantitative estimate of drug-likeness (QED) is 0.592. The third kappa shape index (κ3) is 2.13. The SMILES string of the molecule is N#Cc1c(F)ccc(C(F)(F)F)c1N1C(=O)c2ccccc2C1=O. The number of hydrogen-bond donors (Lipinski definition) is 0. The molecule has 0 saturated carbocycles. The molecule has 2 aromatic carbocycles. The van der Waals surface area contributed by atoms with E-state index in [-0.39, 0.29) is 16.0 Å². The van der Waals surface area contributed by atoms with E-state index in [0.717, 1.165) is 0 Å². The van der Waals surface area contributed by atoms with Crippen molar-refractivity contribution in [1.29, 1.82) is 5.26 Å². The summed E-state index contributed by atoms with van der Waals surface area (Å²) >= 11 is 0. The molecule has 0 unspecified atom stereocenters. The Kier molecular flexibility index (Phi) is 3.37. The van der Waals surface area contributed by atoms with Gasteiger partial charge in [0.2, 0.25) is 0 Å². The number of carbonyl (C=O) groups is 2. The van der Waals surface area contributed by atoms with Crippen molar-refractivity contribution in [3.05, 3.63) is 64.5 Å². The molecule has 0 N–H and O–H groups in total. The third-order valence-corrected chi connectivity index (χ3v) is 3.56. The maximum Gasteiger partial charge on any atom is 0.418 e. The van der Waals surface area contributed by atoms with Gasteiger partial charge in [-0.2, -0.15) is 18.4 Å². The predicted octanol–water partition coefficient (Wildman–Crippen LogP) is 3.52. The number of fused-ring (bicyclic) bond motifs is 1. The second kappa shape index (κ2) is 5.16. The number of alkyl halides is 3. The topological polar surface area (TPSA) is 61.2 Å². The minimum Gasteiger partial charge on any atom is -0.268 e. The fraction of sp³-hybridized carbons (Fsp3) is 0.0625. The van der Waals surface area contributed by atoms with Crippen molar-refractivity contribution in [3.8, 4) is 6.07 Å². The largest absolute Gasteiger partial charge is 0.418 e. The molecule has 0 atom stereocenters. The van der Waals surface area contributed by atoms with Crippen molar-refractivity contribution >= 4 is 17.5 Å². The van der Waals surface area contributed by atoms with Gasteiger partial charge in [-0.25, -0.2) is 9.29 Å². The zero-order chi connectivity index (χ0) is 17.6. The molecule has 1 heterocycles. The Labute approximate surface area is 132 Å². The molecule has 0 saturated heterocycles. The number of amides is 2. The molecule has 120 valence electrons. The van der Waals surface area contributed by atoms with Crippen LogP contribution >= 0.6 is 0 Å². The summed E-state index contributed by atoms with van der Waals surface area (Å²) in [5, 5.41) is 9.03. The summed E-state index contributed by atoms with van der Waals surface area (Å²) < 4.78 is 53.6. The number of nitriles is 1. The third-order valence-electron chi connectivity index (χ3n) is 3.56. The van der Waals surface area contributed by atoms with E-state index in [1.807, 2.05) is 0 Å². The molecule has 2 amide bonds. The van der Waals surface area contributed by atoms with Crippen LogP contribution in [0.5, 0.6) is 0 Å². The highest BCUT2D eigenvalue weighted by Crippen LogP contribution is 2.42. The summed E-state index contributed by atoms with van der Waals surface area (Å²) in [7, 11) is 0. The van der Waals surface area contributed by atoms with Crippen LogP contribution in [0.2, 0.25) is 0 Å². The molecule has 1 aliphatic rings. The molecule has 0 spiro atoms. The first-order valence-electron chi connectivity index (χ1n) is 6.55. The van der Waals surface area contributed by atoms with Crippen LogP contribution < -0.4 is 4.90 Å². The lowest BCUT2D eigenvalue weighted by Gasteiger charge is -2.21. The molecular formula is C16H6F4N2O2. The van der Waals surface area contributed by atoms with Crippen LogP contribution in [0.3, 0.4) is 0 Å². The summed E-state index contributed by atoms with van der Waals surface area (Å²) in [6.07, 6.45) is -4.98. The first-order valence-corrected chi connectivity index (χ1v) is 6.55. The van der Waals surface area contributed by atoms with E-state index in [1.165, 1.54) is 30.3 Å². The maximum absolute atomic E-state index is 13.8. The highest BCUT2D eigenvalue weighted by atomic mass is 19.4. The number of carbonyl (C=O) groups excluding carboxylic acids is 2. The standard InChI is InChI=1S/C16H6F4N2O2/c17-12-6-5-11(16(18,19)20)13(10(12)7-21)22-14(23)8-3-1-2-4-9(8)15(22)24/h1-6H. The molecule has 0 aromatic heterocycles. The van der Waals surface area contributed by atoms with Gasteiger partial charge in [-0.3, -0.25) is 9.59 Å². The number of imide groups is 1. The maximum atomic E-state index is 13.8. The lowest BCUT2D eigenvalue weighted by atomic mass is 10.0. The van der Waals surface area contributed by atoms with Gasteiger partial charge in [0.25, 0.3) is 11.8 Å². The van der Waals surface area contributed by atoms with Gasteiger partial charge in [0.15, 0.2) is 0 Å². The molecule has 1 aliphatic heterocycles. The molecule has 3 rings (SSSR count). The van der Waals surface area contributed by atoms with Gasteiger partial charge in [-0.15, -0.1) is 0 Å². The first-order chi connectivity index (χ1) is 11.3. The minimum atomic E-state index is -4.98. The molecule has 0 radical (unpaired) electrons. The second-order valence-electron chi connectivity index (χ2n) is 4.92. The zero-order valence-electron chi connectivity index (χ0n) is 11.7. The van der Waals surface area contributed by atoms with Crippen molar-refractivity contribution in [2.24, 2.45) is 0 Å².